The Labute approximate surface area is 146 Å². The van der Waals surface area contributed by atoms with E-state index in [-0.39, 0.29) is 0 Å². The highest BCUT2D eigenvalue weighted by Crippen LogP contribution is 2.31. The molecule has 0 aliphatic rings. The molecule has 1 atom stereocenters. The van der Waals surface area contributed by atoms with Gasteiger partial charge in [0.05, 0.1) is 5.39 Å². The van der Waals surface area contributed by atoms with Gasteiger partial charge in [0.25, 0.3) is 0 Å². The molecule has 0 radical (unpaired) electrons. The number of hydrogen-bond donors (Lipinski definition) is 0. The predicted molar refractivity (Wildman–Crippen MR) is 103 cm³/mol. The summed E-state index contributed by atoms with van der Waals surface area (Å²) in [5.41, 5.74) is 6.82. The molecule has 1 heterocycles. The summed E-state index contributed by atoms with van der Waals surface area (Å²) in [6, 6.07) is 16.1. The maximum Gasteiger partial charge on any atom is 0.220 e. The minimum Gasteiger partial charge on any atom is -0.200 e. The van der Waals surface area contributed by atoms with Gasteiger partial charge >= 0.3 is 0 Å². The minimum absolute atomic E-state index is 0.608. The Hall–Kier alpha value is -2.15. The first-order valence-corrected chi connectivity index (χ1v) is 9.07. The van der Waals surface area contributed by atoms with Gasteiger partial charge in [-0.15, -0.1) is 0 Å². The average Bonchev–Trinajstić information content (AvgIpc) is 2.61. The lowest BCUT2D eigenvalue weighted by Gasteiger charge is -2.12. The molecular formula is C23H28N+. The van der Waals surface area contributed by atoms with Gasteiger partial charge in [0.1, 0.15) is 7.05 Å². The molecule has 24 heavy (non-hydrogen) atoms. The lowest BCUT2D eigenvalue weighted by Crippen LogP contribution is -2.30. The molecule has 1 nitrogen and oxygen atoms in total. The van der Waals surface area contributed by atoms with Crippen molar-refractivity contribution in [3.8, 4) is 11.3 Å². The number of rotatable bonds is 4. The Bertz CT molecular complexity index is 877. The normalized spacial score (nSPS) is 12.5. The molecule has 0 aliphatic carbocycles. The number of aryl methyl sites for hydroxylation is 3. The van der Waals surface area contributed by atoms with Gasteiger partial charge in [0.2, 0.25) is 5.69 Å². The van der Waals surface area contributed by atoms with Crippen LogP contribution >= 0.6 is 0 Å². The molecule has 0 saturated heterocycles. The average molecular weight is 318 g/mol. The summed E-state index contributed by atoms with van der Waals surface area (Å²) in [6.07, 6.45) is 4.44. The van der Waals surface area contributed by atoms with Crippen LogP contribution in [0.15, 0.2) is 48.7 Å². The Morgan fingerprint density at radius 3 is 2.50 bits per heavy atom. The van der Waals surface area contributed by atoms with Gasteiger partial charge in [-0.2, -0.15) is 0 Å². The summed E-state index contributed by atoms with van der Waals surface area (Å²) in [5, 5.41) is 2.67. The minimum atomic E-state index is 0.608. The molecule has 0 bridgehead atoms. The molecule has 0 N–H and O–H groups in total. The number of aromatic nitrogens is 1. The molecule has 3 aromatic rings. The van der Waals surface area contributed by atoms with Gasteiger partial charge in [-0.25, -0.2) is 4.57 Å². The quantitative estimate of drug-likeness (QED) is 0.542. The van der Waals surface area contributed by atoms with Gasteiger partial charge in [-0.05, 0) is 59.9 Å². The van der Waals surface area contributed by atoms with Gasteiger partial charge in [-0.1, -0.05) is 45.0 Å². The highest BCUT2D eigenvalue weighted by Gasteiger charge is 2.18. The van der Waals surface area contributed by atoms with Crippen LogP contribution in [-0.2, 0) is 13.5 Å². The highest BCUT2D eigenvalue weighted by molar-refractivity contribution is 5.94. The molecule has 124 valence electrons. The third kappa shape index (κ3) is 2.96. The van der Waals surface area contributed by atoms with Crippen LogP contribution < -0.4 is 4.57 Å². The number of pyridine rings is 1. The standard InChI is InChI=1S/C23H28N/c1-6-16(3)19-10-11-21-20(15-19)12-13-24(5)23(21)22-14-18(7-2)9-8-17(22)4/h8-16H,6-7H2,1-5H3/q+1. The summed E-state index contributed by atoms with van der Waals surface area (Å²) < 4.78 is 2.26. The smallest absolute Gasteiger partial charge is 0.200 e. The Morgan fingerprint density at radius 2 is 1.79 bits per heavy atom. The fraction of sp³-hybridized carbons (Fsp3) is 0.348. The van der Waals surface area contributed by atoms with Crippen molar-refractivity contribution in [2.45, 2.75) is 46.5 Å². The van der Waals surface area contributed by atoms with Crippen LogP contribution in [0.2, 0.25) is 0 Å². The molecule has 1 unspecified atom stereocenters. The van der Waals surface area contributed by atoms with Crippen LogP contribution in [0.5, 0.6) is 0 Å². The Balaban J connectivity index is 2.26. The first-order chi connectivity index (χ1) is 11.5. The van der Waals surface area contributed by atoms with E-state index in [4.69, 9.17) is 0 Å². The topological polar surface area (TPSA) is 3.88 Å². The van der Waals surface area contributed by atoms with Crippen LogP contribution in [0.4, 0.5) is 0 Å². The number of fused-ring (bicyclic) bond motifs is 1. The second-order valence-corrected chi connectivity index (χ2v) is 6.93. The van der Waals surface area contributed by atoms with E-state index in [2.05, 4.69) is 88.0 Å². The van der Waals surface area contributed by atoms with E-state index in [1.54, 1.807) is 0 Å². The first kappa shape index (κ1) is 16.7. The Kier molecular flexibility index (Phi) is 4.71. The van der Waals surface area contributed by atoms with Crippen molar-refractivity contribution in [3.05, 3.63) is 65.4 Å². The molecule has 0 saturated carbocycles. The highest BCUT2D eigenvalue weighted by atomic mass is 14.9. The zero-order valence-corrected chi connectivity index (χ0v) is 15.6. The molecular weight excluding hydrogens is 290 g/mol. The van der Waals surface area contributed by atoms with E-state index < -0.39 is 0 Å². The maximum absolute atomic E-state index is 2.37. The van der Waals surface area contributed by atoms with Gasteiger partial charge < -0.3 is 0 Å². The molecule has 0 aliphatic heterocycles. The SMILES string of the molecule is CCc1ccc(C)c(-c2c3ccc(C(C)CC)cc3cc[n+]2C)c1. The van der Waals surface area contributed by atoms with Crippen molar-refractivity contribution in [3.63, 3.8) is 0 Å². The number of hydrogen-bond acceptors (Lipinski definition) is 0. The summed E-state index contributed by atoms with van der Waals surface area (Å²) >= 11 is 0. The van der Waals surface area contributed by atoms with Crippen LogP contribution in [-0.4, -0.2) is 0 Å². The van der Waals surface area contributed by atoms with E-state index >= 15 is 0 Å². The van der Waals surface area contributed by atoms with Crippen LogP contribution in [0.3, 0.4) is 0 Å². The van der Waals surface area contributed by atoms with Crippen molar-refractivity contribution in [1.82, 2.24) is 0 Å². The zero-order chi connectivity index (χ0) is 17.3. The van der Waals surface area contributed by atoms with Crippen molar-refractivity contribution >= 4 is 10.8 Å². The van der Waals surface area contributed by atoms with Gasteiger partial charge in [0.15, 0.2) is 6.20 Å². The molecule has 0 fully saturated rings. The van der Waals surface area contributed by atoms with E-state index in [1.165, 1.54) is 45.1 Å². The van der Waals surface area contributed by atoms with E-state index in [1.807, 2.05) is 0 Å². The second-order valence-electron chi connectivity index (χ2n) is 6.93. The van der Waals surface area contributed by atoms with E-state index in [0.717, 1.165) is 6.42 Å². The lowest BCUT2D eigenvalue weighted by atomic mass is 9.93. The zero-order valence-electron chi connectivity index (χ0n) is 15.6. The van der Waals surface area contributed by atoms with Crippen molar-refractivity contribution in [1.29, 1.82) is 0 Å². The van der Waals surface area contributed by atoms with Crippen LogP contribution in [0.25, 0.3) is 22.0 Å². The predicted octanol–water partition coefficient (Wildman–Crippen LogP) is 5.72. The van der Waals surface area contributed by atoms with Crippen LogP contribution in [0, 0.1) is 6.92 Å². The van der Waals surface area contributed by atoms with Crippen molar-refractivity contribution in [2.24, 2.45) is 7.05 Å². The third-order valence-corrected chi connectivity index (χ3v) is 5.31. The molecule has 1 heteroatoms. The van der Waals surface area contributed by atoms with Crippen LogP contribution in [0.1, 0.15) is 49.8 Å². The second kappa shape index (κ2) is 6.76. The molecule has 0 spiro atoms. The van der Waals surface area contributed by atoms with Gasteiger partial charge in [0, 0.05) is 11.6 Å². The summed E-state index contributed by atoms with van der Waals surface area (Å²) in [7, 11) is 2.15. The fourth-order valence-corrected chi connectivity index (χ4v) is 3.41. The molecule has 3 rings (SSSR count). The third-order valence-electron chi connectivity index (χ3n) is 5.31. The van der Waals surface area contributed by atoms with Crippen molar-refractivity contribution < 1.29 is 4.57 Å². The largest absolute Gasteiger partial charge is 0.220 e. The summed E-state index contributed by atoms with van der Waals surface area (Å²) in [5.74, 6) is 0.608. The number of benzene rings is 2. The Morgan fingerprint density at radius 1 is 1.00 bits per heavy atom. The van der Waals surface area contributed by atoms with E-state index in [0.29, 0.717) is 5.92 Å². The lowest BCUT2D eigenvalue weighted by molar-refractivity contribution is -0.659. The summed E-state index contributed by atoms with van der Waals surface area (Å²) in [4.78, 5) is 0. The van der Waals surface area contributed by atoms with Crippen molar-refractivity contribution in [2.75, 3.05) is 0 Å². The van der Waals surface area contributed by atoms with E-state index in [9.17, 15) is 0 Å². The number of nitrogens with zero attached hydrogens (tertiary/aromatic N) is 1. The molecule has 0 amide bonds. The fourth-order valence-electron chi connectivity index (χ4n) is 3.41. The van der Waals surface area contributed by atoms with Gasteiger partial charge in [-0.3, -0.25) is 0 Å². The molecule has 1 aromatic heterocycles. The maximum atomic E-state index is 2.37. The monoisotopic (exact) mass is 318 g/mol. The first-order valence-electron chi connectivity index (χ1n) is 9.07. The molecule has 2 aromatic carbocycles. The summed E-state index contributed by atoms with van der Waals surface area (Å²) in [6.45, 7) is 8.99.